The third-order valence-electron chi connectivity index (χ3n) is 6.61. The molecule has 7 nitrogen and oxygen atoms in total. The molecule has 3 aromatic carbocycles. The van der Waals surface area contributed by atoms with Crippen LogP contribution in [-0.4, -0.2) is 50.5 Å². The van der Waals surface area contributed by atoms with Crippen molar-refractivity contribution in [3.8, 4) is 0 Å². The summed E-state index contributed by atoms with van der Waals surface area (Å²) in [6.45, 7) is 2.85. The van der Waals surface area contributed by atoms with E-state index in [4.69, 9.17) is 23.2 Å². The maximum Gasteiger partial charge on any atom is 0.243 e. The van der Waals surface area contributed by atoms with E-state index in [1.54, 1.807) is 41.3 Å². The molecule has 0 bridgehead atoms. The number of nitrogens with zero attached hydrogens (tertiary/aromatic N) is 2. The topological polar surface area (TPSA) is 86.8 Å². The number of halogens is 2. The van der Waals surface area contributed by atoms with Crippen molar-refractivity contribution in [2.45, 2.75) is 51.6 Å². The maximum absolute atomic E-state index is 13.8. The number of hydrogen-bond acceptors (Lipinski definition) is 4. The van der Waals surface area contributed by atoms with Crippen molar-refractivity contribution in [3.63, 3.8) is 0 Å². The number of amides is 2. The SMILES string of the molecule is CCCCNC(=O)C(Cc1ccccc1)N(Cc1cccc(Cl)c1)C(=O)CCCN(c1ccc(Cl)cc1)S(C)(=O)=O. The van der Waals surface area contributed by atoms with E-state index in [1.165, 1.54) is 4.31 Å². The minimum absolute atomic E-state index is 0.0493. The highest BCUT2D eigenvalue weighted by Gasteiger charge is 2.30. The summed E-state index contributed by atoms with van der Waals surface area (Å²) < 4.78 is 26.4. The summed E-state index contributed by atoms with van der Waals surface area (Å²) in [6, 6.07) is 22.5. The molecule has 3 aromatic rings. The standard InChI is InChI=1S/C31H37Cl2N3O4S/c1-3-4-19-34-31(38)29(22-24-10-6-5-7-11-24)35(23-25-12-8-13-27(33)21-25)30(37)14-9-20-36(41(2,39)40)28-17-15-26(32)16-18-28/h5-8,10-13,15-18,21,29H,3-4,9,14,19-20,22-23H2,1-2H3,(H,34,38). The second-order valence-corrected chi connectivity index (χ2v) is 12.7. The third-order valence-corrected chi connectivity index (χ3v) is 8.29. The Bertz CT molecular complexity index is 1390. The van der Waals surface area contributed by atoms with Gasteiger partial charge in [-0.25, -0.2) is 8.42 Å². The minimum atomic E-state index is -3.60. The van der Waals surface area contributed by atoms with Gasteiger partial charge in [0, 0.05) is 42.5 Å². The number of unbranched alkanes of at least 4 members (excludes halogenated alkanes) is 1. The molecular weight excluding hydrogens is 581 g/mol. The van der Waals surface area contributed by atoms with Gasteiger partial charge in [-0.15, -0.1) is 0 Å². The molecule has 1 atom stereocenters. The van der Waals surface area contributed by atoms with Crippen molar-refractivity contribution in [1.82, 2.24) is 10.2 Å². The zero-order chi connectivity index (χ0) is 29.8. The summed E-state index contributed by atoms with van der Waals surface area (Å²) in [7, 11) is -3.60. The Kier molecular flexibility index (Phi) is 12.5. The van der Waals surface area contributed by atoms with Gasteiger partial charge in [0.1, 0.15) is 6.04 Å². The lowest BCUT2D eigenvalue weighted by Crippen LogP contribution is -2.50. The Morgan fingerprint density at radius 2 is 1.56 bits per heavy atom. The first-order chi connectivity index (χ1) is 19.6. The predicted molar refractivity (Wildman–Crippen MR) is 167 cm³/mol. The lowest BCUT2D eigenvalue weighted by atomic mass is 10.0. The van der Waals surface area contributed by atoms with Crippen LogP contribution >= 0.6 is 23.2 Å². The summed E-state index contributed by atoms with van der Waals surface area (Å²) in [6.07, 6.45) is 3.54. The van der Waals surface area contributed by atoms with Crippen LogP contribution in [0.15, 0.2) is 78.9 Å². The lowest BCUT2D eigenvalue weighted by molar-refractivity contribution is -0.141. The van der Waals surface area contributed by atoms with Crippen LogP contribution < -0.4 is 9.62 Å². The summed E-state index contributed by atoms with van der Waals surface area (Å²) in [5.41, 5.74) is 2.19. The summed E-state index contributed by atoms with van der Waals surface area (Å²) >= 11 is 12.2. The highest BCUT2D eigenvalue weighted by atomic mass is 35.5. The van der Waals surface area contributed by atoms with Gasteiger partial charge in [-0.05, 0) is 60.4 Å². The van der Waals surface area contributed by atoms with E-state index < -0.39 is 16.1 Å². The van der Waals surface area contributed by atoms with Crippen LogP contribution in [0.25, 0.3) is 0 Å². The number of anilines is 1. The number of carbonyl (C=O) groups is 2. The largest absolute Gasteiger partial charge is 0.354 e. The molecule has 41 heavy (non-hydrogen) atoms. The minimum Gasteiger partial charge on any atom is -0.354 e. The van der Waals surface area contributed by atoms with E-state index in [2.05, 4.69) is 5.32 Å². The Hall–Kier alpha value is -3.07. The maximum atomic E-state index is 13.8. The van der Waals surface area contributed by atoms with Crippen LogP contribution in [0.5, 0.6) is 0 Å². The monoisotopic (exact) mass is 617 g/mol. The van der Waals surface area contributed by atoms with Crippen molar-refractivity contribution in [2.75, 3.05) is 23.7 Å². The van der Waals surface area contributed by atoms with Gasteiger partial charge in [0.25, 0.3) is 0 Å². The molecule has 0 aliphatic carbocycles. The molecule has 220 valence electrons. The molecule has 3 rings (SSSR count). The van der Waals surface area contributed by atoms with E-state index in [9.17, 15) is 18.0 Å². The highest BCUT2D eigenvalue weighted by molar-refractivity contribution is 7.92. The van der Waals surface area contributed by atoms with Gasteiger partial charge in [0.15, 0.2) is 0 Å². The quantitative estimate of drug-likeness (QED) is 0.209. The Morgan fingerprint density at radius 3 is 2.20 bits per heavy atom. The van der Waals surface area contributed by atoms with Gasteiger partial charge >= 0.3 is 0 Å². The molecular formula is C31H37Cl2N3O4S. The number of benzene rings is 3. The van der Waals surface area contributed by atoms with E-state index in [1.807, 2.05) is 49.4 Å². The van der Waals surface area contributed by atoms with Crippen LogP contribution in [-0.2, 0) is 32.6 Å². The van der Waals surface area contributed by atoms with E-state index in [0.29, 0.717) is 28.7 Å². The number of sulfonamides is 1. The van der Waals surface area contributed by atoms with Crippen molar-refractivity contribution in [1.29, 1.82) is 0 Å². The van der Waals surface area contributed by atoms with E-state index in [0.717, 1.165) is 30.2 Å². The first kappa shape index (κ1) is 32.4. The zero-order valence-corrected chi connectivity index (χ0v) is 25.8. The van der Waals surface area contributed by atoms with Crippen molar-refractivity contribution >= 4 is 50.7 Å². The van der Waals surface area contributed by atoms with E-state index in [-0.39, 0.29) is 37.7 Å². The van der Waals surface area contributed by atoms with Gasteiger partial charge in [-0.2, -0.15) is 0 Å². The second kappa shape index (κ2) is 15.8. The molecule has 0 saturated heterocycles. The fourth-order valence-electron chi connectivity index (χ4n) is 4.50. The molecule has 1 unspecified atom stereocenters. The molecule has 0 aliphatic rings. The molecule has 0 aromatic heterocycles. The molecule has 1 N–H and O–H groups in total. The first-order valence-corrected chi connectivity index (χ1v) is 16.3. The van der Waals surface area contributed by atoms with Gasteiger partial charge in [-0.1, -0.05) is 79.0 Å². The molecule has 0 fully saturated rings. The van der Waals surface area contributed by atoms with Gasteiger partial charge < -0.3 is 10.2 Å². The predicted octanol–water partition coefficient (Wildman–Crippen LogP) is 6.10. The van der Waals surface area contributed by atoms with Crippen LogP contribution in [0.1, 0.15) is 43.7 Å². The lowest BCUT2D eigenvalue weighted by Gasteiger charge is -2.32. The molecule has 0 aliphatic heterocycles. The van der Waals surface area contributed by atoms with Crippen LogP contribution in [0.4, 0.5) is 5.69 Å². The molecule has 10 heteroatoms. The smallest absolute Gasteiger partial charge is 0.243 e. The molecule has 2 amide bonds. The third kappa shape index (κ3) is 10.4. The fraction of sp³-hybridized carbons (Fsp3) is 0.355. The van der Waals surface area contributed by atoms with Crippen molar-refractivity contribution in [2.24, 2.45) is 0 Å². The Balaban J connectivity index is 1.86. The molecule has 0 radical (unpaired) electrons. The number of rotatable bonds is 15. The second-order valence-electron chi connectivity index (χ2n) is 9.92. The van der Waals surface area contributed by atoms with Crippen LogP contribution in [0.2, 0.25) is 10.0 Å². The Morgan fingerprint density at radius 1 is 0.878 bits per heavy atom. The summed E-state index contributed by atoms with van der Waals surface area (Å²) in [5.74, 6) is -0.474. The Labute approximate surface area is 253 Å². The summed E-state index contributed by atoms with van der Waals surface area (Å²) in [5, 5.41) is 4.03. The fourth-order valence-corrected chi connectivity index (χ4v) is 5.81. The average Bonchev–Trinajstić information content (AvgIpc) is 2.93. The first-order valence-electron chi connectivity index (χ1n) is 13.7. The normalized spacial score (nSPS) is 12.0. The number of hydrogen-bond donors (Lipinski definition) is 1. The van der Waals surface area contributed by atoms with Gasteiger partial charge in [-0.3, -0.25) is 13.9 Å². The van der Waals surface area contributed by atoms with Crippen molar-refractivity contribution < 1.29 is 18.0 Å². The number of carbonyl (C=O) groups excluding carboxylic acids is 2. The average molecular weight is 619 g/mol. The number of nitrogens with one attached hydrogen (secondary N) is 1. The van der Waals surface area contributed by atoms with Crippen LogP contribution in [0.3, 0.4) is 0 Å². The zero-order valence-electron chi connectivity index (χ0n) is 23.4. The van der Waals surface area contributed by atoms with Gasteiger partial charge in [0.2, 0.25) is 21.8 Å². The highest BCUT2D eigenvalue weighted by Crippen LogP contribution is 2.22. The van der Waals surface area contributed by atoms with Crippen LogP contribution in [0, 0.1) is 0 Å². The molecule has 0 spiro atoms. The van der Waals surface area contributed by atoms with Crippen molar-refractivity contribution in [3.05, 3.63) is 100 Å². The van der Waals surface area contributed by atoms with Gasteiger partial charge in [0.05, 0.1) is 11.9 Å². The molecule has 0 saturated carbocycles. The molecule has 0 heterocycles. The van der Waals surface area contributed by atoms with E-state index >= 15 is 0 Å². The summed E-state index contributed by atoms with van der Waals surface area (Å²) in [4.78, 5) is 29.0.